The normalized spacial score (nSPS) is 36.9. The summed E-state index contributed by atoms with van der Waals surface area (Å²) < 4.78 is 11.8. The standard InChI is InChI=1S/C11H14N2O6/c1-4-2-13(11(17)12-8(4)16)9-7(15)6-5(3-14)18-10(6)19-9/h2,5-7,9-10,14-15H,3H2,1H3,(H,12,16,17)/t5-,6+,7+,9+,10-/m1/s1. The van der Waals surface area contributed by atoms with Crippen molar-refractivity contribution >= 4 is 0 Å². The van der Waals surface area contributed by atoms with E-state index in [2.05, 4.69) is 4.98 Å². The van der Waals surface area contributed by atoms with Crippen LogP contribution in [0.1, 0.15) is 11.8 Å². The molecule has 1 aromatic rings. The zero-order valence-electron chi connectivity index (χ0n) is 10.1. The van der Waals surface area contributed by atoms with Gasteiger partial charge in [0.15, 0.2) is 12.5 Å². The monoisotopic (exact) mass is 270 g/mol. The van der Waals surface area contributed by atoms with Gasteiger partial charge in [0.1, 0.15) is 6.10 Å². The Morgan fingerprint density at radius 2 is 2.16 bits per heavy atom. The van der Waals surface area contributed by atoms with E-state index in [9.17, 15) is 14.7 Å². The highest BCUT2D eigenvalue weighted by molar-refractivity contribution is 5.04. The van der Waals surface area contributed by atoms with Gasteiger partial charge in [-0.2, -0.15) is 0 Å². The van der Waals surface area contributed by atoms with Gasteiger partial charge in [-0.25, -0.2) is 4.79 Å². The molecule has 5 atom stereocenters. The van der Waals surface area contributed by atoms with Crippen LogP contribution in [0.5, 0.6) is 0 Å². The first-order valence-electron chi connectivity index (χ1n) is 5.95. The number of nitrogens with one attached hydrogen (secondary N) is 1. The lowest BCUT2D eigenvalue weighted by atomic mass is 9.92. The second-order valence-electron chi connectivity index (χ2n) is 4.80. The number of aliphatic hydroxyl groups excluding tert-OH is 2. The average Bonchev–Trinajstić information content (AvgIpc) is 2.57. The molecule has 0 radical (unpaired) electrons. The molecule has 19 heavy (non-hydrogen) atoms. The summed E-state index contributed by atoms with van der Waals surface area (Å²) in [6, 6.07) is 0. The van der Waals surface area contributed by atoms with Gasteiger partial charge < -0.3 is 19.7 Å². The van der Waals surface area contributed by atoms with Gasteiger partial charge in [-0.15, -0.1) is 0 Å². The van der Waals surface area contributed by atoms with Gasteiger partial charge in [0.2, 0.25) is 0 Å². The second-order valence-corrected chi connectivity index (χ2v) is 4.80. The molecule has 0 aliphatic carbocycles. The first kappa shape index (κ1) is 12.5. The number of aryl methyl sites for hydroxylation is 1. The van der Waals surface area contributed by atoms with Crippen LogP contribution in [0.3, 0.4) is 0 Å². The van der Waals surface area contributed by atoms with E-state index in [1.807, 2.05) is 0 Å². The smallest absolute Gasteiger partial charge is 0.330 e. The number of aromatic amines is 1. The largest absolute Gasteiger partial charge is 0.394 e. The first-order chi connectivity index (χ1) is 9.02. The van der Waals surface area contributed by atoms with E-state index in [4.69, 9.17) is 14.6 Å². The molecule has 8 nitrogen and oxygen atoms in total. The number of H-pyrrole nitrogens is 1. The third kappa shape index (κ3) is 1.76. The van der Waals surface area contributed by atoms with E-state index < -0.39 is 36.0 Å². The zero-order valence-corrected chi connectivity index (χ0v) is 10.1. The van der Waals surface area contributed by atoms with Gasteiger partial charge in [-0.1, -0.05) is 0 Å². The number of nitrogens with zero attached hydrogens (tertiary/aromatic N) is 1. The molecule has 0 unspecified atom stereocenters. The predicted octanol–water partition coefficient (Wildman–Crippen LogP) is -1.93. The van der Waals surface area contributed by atoms with Crippen LogP contribution < -0.4 is 11.2 Å². The maximum Gasteiger partial charge on any atom is 0.330 e. The van der Waals surface area contributed by atoms with Gasteiger partial charge in [-0.3, -0.25) is 14.3 Å². The molecule has 2 aliphatic rings. The lowest BCUT2D eigenvalue weighted by Gasteiger charge is -2.38. The van der Waals surface area contributed by atoms with Gasteiger partial charge in [0, 0.05) is 11.8 Å². The fraction of sp³-hybridized carbons (Fsp3) is 0.636. The molecule has 3 N–H and O–H groups in total. The molecular weight excluding hydrogens is 256 g/mol. The minimum Gasteiger partial charge on any atom is -0.394 e. The minimum atomic E-state index is -0.973. The molecule has 2 aliphatic heterocycles. The van der Waals surface area contributed by atoms with E-state index in [0.717, 1.165) is 4.57 Å². The SMILES string of the molecule is Cc1cn([C@H]2O[C@H]3O[C@H](CO)[C@H]3[C@@H]2O)c(=O)[nH]c1=O. The van der Waals surface area contributed by atoms with Crippen molar-refractivity contribution < 1.29 is 19.7 Å². The van der Waals surface area contributed by atoms with Crippen molar-refractivity contribution in [1.82, 2.24) is 9.55 Å². The van der Waals surface area contributed by atoms with Crippen molar-refractivity contribution in [3.8, 4) is 0 Å². The first-order valence-corrected chi connectivity index (χ1v) is 5.95. The van der Waals surface area contributed by atoms with Crippen molar-refractivity contribution in [2.75, 3.05) is 6.61 Å². The molecule has 2 saturated heterocycles. The third-order valence-corrected chi connectivity index (χ3v) is 3.61. The molecule has 0 amide bonds. The van der Waals surface area contributed by atoms with E-state index in [0.29, 0.717) is 5.56 Å². The molecule has 104 valence electrons. The number of rotatable bonds is 2. The van der Waals surface area contributed by atoms with Gasteiger partial charge in [0.05, 0.1) is 18.6 Å². The molecule has 2 fully saturated rings. The number of ether oxygens (including phenoxy) is 2. The van der Waals surface area contributed by atoms with Crippen molar-refractivity contribution in [2.24, 2.45) is 5.92 Å². The summed E-state index contributed by atoms with van der Waals surface area (Å²) in [5.74, 6) is -0.367. The molecular formula is C11H14N2O6. The molecule has 0 aromatic carbocycles. The third-order valence-electron chi connectivity index (χ3n) is 3.61. The molecule has 0 bridgehead atoms. The van der Waals surface area contributed by atoms with E-state index >= 15 is 0 Å². The van der Waals surface area contributed by atoms with Crippen LogP contribution in [-0.4, -0.2) is 44.9 Å². The van der Waals surface area contributed by atoms with Crippen molar-refractivity contribution in [3.63, 3.8) is 0 Å². The van der Waals surface area contributed by atoms with E-state index in [1.165, 1.54) is 6.20 Å². The number of fused-ring (bicyclic) bond motifs is 1. The Balaban J connectivity index is 1.94. The Bertz CT molecular complexity index is 608. The molecule has 8 heteroatoms. The lowest BCUT2D eigenvalue weighted by molar-refractivity contribution is -0.285. The van der Waals surface area contributed by atoms with Crippen LogP contribution in [0.4, 0.5) is 0 Å². The minimum absolute atomic E-state index is 0.214. The van der Waals surface area contributed by atoms with Crippen LogP contribution >= 0.6 is 0 Å². The summed E-state index contributed by atoms with van der Waals surface area (Å²) in [7, 11) is 0. The maximum atomic E-state index is 11.7. The fourth-order valence-electron chi connectivity index (χ4n) is 2.52. The summed E-state index contributed by atoms with van der Waals surface area (Å²) in [6.45, 7) is 1.34. The zero-order chi connectivity index (χ0) is 13.7. The second kappa shape index (κ2) is 4.27. The number of hydrogen-bond donors (Lipinski definition) is 3. The molecule has 3 rings (SSSR count). The molecule has 0 spiro atoms. The summed E-state index contributed by atoms with van der Waals surface area (Å²) in [5.41, 5.74) is -0.781. The van der Waals surface area contributed by atoms with Crippen molar-refractivity contribution in [3.05, 3.63) is 32.6 Å². The molecule has 1 aromatic heterocycles. The van der Waals surface area contributed by atoms with Crippen LogP contribution in [0, 0.1) is 12.8 Å². The maximum absolute atomic E-state index is 11.7. The van der Waals surface area contributed by atoms with Crippen LogP contribution in [0.25, 0.3) is 0 Å². The highest BCUT2D eigenvalue weighted by atomic mass is 16.7. The van der Waals surface area contributed by atoms with Crippen molar-refractivity contribution in [2.45, 2.75) is 31.6 Å². The molecule has 3 heterocycles. The summed E-state index contributed by atoms with van der Waals surface area (Å²) in [4.78, 5) is 25.2. The predicted molar refractivity (Wildman–Crippen MR) is 61.4 cm³/mol. The number of hydrogen-bond acceptors (Lipinski definition) is 6. The Morgan fingerprint density at radius 1 is 1.42 bits per heavy atom. The Labute approximate surface area is 107 Å². The quantitative estimate of drug-likeness (QED) is 0.576. The van der Waals surface area contributed by atoms with Gasteiger partial charge in [0.25, 0.3) is 5.56 Å². The highest BCUT2D eigenvalue weighted by Crippen LogP contribution is 2.44. The Morgan fingerprint density at radius 3 is 2.84 bits per heavy atom. The summed E-state index contributed by atoms with van der Waals surface area (Å²) in [5, 5.41) is 19.2. The van der Waals surface area contributed by atoms with Crippen LogP contribution in [0.15, 0.2) is 15.8 Å². The Kier molecular flexibility index (Phi) is 2.82. The van der Waals surface area contributed by atoms with Gasteiger partial charge >= 0.3 is 5.69 Å². The summed E-state index contributed by atoms with van der Waals surface area (Å²) in [6.07, 6.45) is -1.66. The molecule has 0 saturated carbocycles. The number of aliphatic hydroxyl groups is 2. The van der Waals surface area contributed by atoms with E-state index in [-0.39, 0.29) is 12.5 Å². The number of aromatic nitrogens is 2. The Hall–Kier alpha value is -1.48. The van der Waals surface area contributed by atoms with Crippen molar-refractivity contribution in [1.29, 1.82) is 0 Å². The fourth-order valence-corrected chi connectivity index (χ4v) is 2.52. The highest BCUT2D eigenvalue weighted by Gasteiger charge is 2.57. The topological polar surface area (TPSA) is 114 Å². The van der Waals surface area contributed by atoms with Crippen LogP contribution in [0.2, 0.25) is 0 Å². The average molecular weight is 270 g/mol. The van der Waals surface area contributed by atoms with Crippen LogP contribution in [-0.2, 0) is 9.47 Å². The van der Waals surface area contributed by atoms with Gasteiger partial charge in [-0.05, 0) is 6.92 Å². The lowest BCUT2D eigenvalue weighted by Crippen LogP contribution is -2.52. The van der Waals surface area contributed by atoms with E-state index in [1.54, 1.807) is 6.92 Å². The summed E-state index contributed by atoms with van der Waals surface area (Å²) >= 11 is 0.